The second-order valence-electron chi connectivity index (χ2n) is 5.89. The van der Waals surface area contributed by atoms with Gasteiger partial charge in [0.25, 0.3) is 0 Å². The Labute approximate surface area is 130 Å². The first kappa shape index (κ1) is 14.7. The number of aromatic nitrogens is 4. The number of hydrogen-bond acceptors (Lipinski definition) is 4. The average Bonchev–Trinajstić information content (AvgIpc) is 2.94. The van der Waals surface area contributed by atoms with Crippen LogP contribution in [0.4, 0.5) is 0 Å². The third kappa shape index (κ3) is 3.16. The Hall–Kier alpha value is -2.24. The first-order chi connectivity index (χ1) is 10.6. The monoisotopic (exact) mass is 299 g/mol. The second kappa shape index (κ2) is 6.25. The Bertz CT molecular complexity index is 658. The van der Waals surface area contributed by atoms with Crippen LogP contribution in [0.25, 0.3) is 11.4 Å². The van der Waals surface area contributed by atoms with Crippen molar-refractivity contribution in [3.63, 3.8) is 0 Å². The van der Waals surface area contributed by atoms with E-state index in [0.717, 1.165) is 49.4 Å². The van der Waals surface area contributed by atoms with Crippen molar-refractivity contribution in [3.05, 3.63) is 30.4 Å². The van der Waals surface area contributed by atoms with Gasteiger partial charge < -0.3 is 4.90 Å². The van der Waals surface area contributed by atoms with E-state index in [2.05, 4.69) is 15.1 Å². The Morgan fingerprint density at radius 3 is 2.73 bits per heavy atom. The lowest BCUT2D eigenvalue weighted by molar-refractivity contribution is -0.130. The molecule has 0 unspecified atom stereocenters. The number of hydrogen-bond donors (Lipinski definition) is 0. The summed E-state index contributed by atoms with van der Waals surface area (Å²) < 4.78 is 1.82. The van der Waals surface area contributed by atoms with Crippen LogP contribution in [0, 0.1) is 5.92 Å². The molecule has 0 atom stereocenters. The molecule has 116 valence electrons. The number of aryl methyl sites for hydroxylation is 1. The summed E-state index contributed by atoms with van der Waals surface area (Å²) in [6.07, 6.45) is 6.44. The maximum absolute atomic E-state index is 11.4. The predicted octanol–water partition coefficient (Wildman–Crippen LogP) is 1.68. The molecule has 1 fully saturated rings. The Morgan fingerprint density at radius 2 is 2.09 bits per heavy atom. The number of piperidine rings is 1. The lowest BCUT2D eigenvalue weighted by atomic mass is 9.92. The van der Waals surface area contributed by atoms with Gasteiger partial charge in [0.05, 0.1) is 11.4 Å². The minimum Gasteiger partial charge on any atom is -0.343 e. The highest BCUT2D eigenvalue weighted by molar-refractivity contribution is 5.73. The van der Waals surface area contributed by atoms with Crippen molar-refractivity contribution in [2.75, 3.05) is 13.1 Å². The minimum absolute atomic E-state index is 0.180. The molecular formula is C16H21N5O. The molecule has 2 aromatic rings. The average molecular weight is 299 g/mol. The number of likely N-dealkylation sites (tertiary alicyclic amines) is 1. The highest BCUT2D eigenvalue weighted by Gasteiger charge is 2.21. The van der Waals surface area contributed by atoms with Crippen molar-refractivity contribution in [2.24, 2.45) is 13.0 Å². The van der Waals surface area contributed by atoms with Gasteiger partial charge in [-0.3, -0.25) is 9.48 Å². The summed E-state index contributed by atoms with van der Waals surface area (Å²) in [7, 11) is 1.91. The zero-order chi connectivity index (χ0) is 15.5. The van der Waals surface area contributed by atoms with Crippen molar-refractivity contribution in [2.45, 2.75) is 26.2 Å². The molecule has 0 aliphatic carbocycles. The molecule has 3 rings (SSSR count). The van der Waals surface area contributed by atoms with E-state index in [1.54, 1.807) is 19.4 Å². The molecule has 0 N–H and O–H groups in total. The molecule has 1 amide bonds. The molecule has 1 aliphatic heterocycles. The van der Waals surface area contributed by atoms with Gasteiger partial charge in [-0.05, 0) is 37.3 Å². The van der Waals surface area contributed by atoms with Gasteiger partial charge in [-0.2, -0.15) is 5.10 Å². The lowest BCUT2D eigenvalue weighted by Gasteiger charge is -2.31. The van der Waals surface area contributed by atoms with Crippen LogP contribution < -0.4 is 0 Å². The fraction of sp³-hybridized carbons (Fsp3) is 0.500. The van der Waals surface area contributed by atoms with E-state index in [9.17, 15) is 4.79 Å². The smallest absolute Gasteiger partial charge is 0.219 e. The van der Waals surface area contributed by atoms with Crippen molar-refractivity contribution >= 4 is 5.91 Å². The van der Waals surface area contributed by atoms with Crippen molar-refractivity contribution in [1.82, 2.24) is 24.6 Å². The van der Waals surface area contributed by atoms with Crippen molar-refractivity contribution in [1.29, 1.82) is 0 Å². The zero-order valence-electron chi connectivity index (χ0n) is 13.1. The van der Waals surface area contributed by atoms with Gasteiger partial charge in [-0.1, -0.05) is 0 Å². The first-order valence-corrected chi connectivity index (χ1v) is 7.68. The minimum atomic E-state index is 0.180. The summed E-state index contributed by atoms with van der Waals surface area (Å²) in [5.41, 5.74) is 2.97. The third-order valence-electron chi connectivity index (χ3n) is 4.36. The second-order valence-corrected chi connectivity index (χ2v) is 5.89. The summed E-state index contributed by atoms with van der Waals surface area (Å²) in [4.78, 5) is 22.0. The molecule has 6 nitrogen and oxygen atoms in total. The normalized spacial score (nSPS) is 16.0. The Morgan fingerprint density at radius 1 is 1.32 bits per heavy atom. The standard InChI is InChI=1S/C16H21N5O/c1-12(22)21-7-4-13(5-8-21)9-14-10-15(18-11-17-14)16-3-6-19-20(16)2/h3,6,10-11,13H,4-5,7-9H2,1-2H3. The van der Waals surface area contributed by atoms with Crippen LogP contribution in [0.5, 0.6) is 0 Å². The SMILES string of the molecule is CC(=O)N1CCC(Cc2cc(-c3ccnn3C)ncn2)CC1. The molecule has 22 heavy (non-hydrogen) atoms. The maximum atomic E-state index is 11.4. The van der Waals surface area contributed by atoms with Crippen LogP contribution in [0.15, 0.2) is 24.7 Å². The van der Waals surface area contributed by atoms with Gasteiger partial charge in [0.15, 0.2) is 0 Å². The number of carbonyl (C=O) groups is 1. The van der Waals surface area contributed by atoms with E-state index in [-0.39, 0.29) is 5.91 Å². The molecule has 1 aliphatic rings. The molecular weight excluding hydrogens is 278 g/mol. The fourth-order valence-corrected chi connectivity index (χ4v) is 3.02. The number of nitrogens with zero attached hydrogens (tertiary/aromatic N) is 5. The van der Waals surface area contributed by atoms with Gasteiger partial charge >= 0.3 is 0 Å². The number of rotatable bonds is 3. The van der Waals surface area contributed by atoms with Crippen LogP contribution in [0.3, 0.4) is 0 Å². The van der Waals surface area contributed by atoms with Crippen LogP contribution in [-0.4, -0.2) is 43.6 Å². The van der Waals surface area contributed by atoms with Crippen molar-refractivity contribution in [3.8, 4) is 11.4 Å². The van der Waals surface area contributed by atoms with Crippen molar-refractivity contribution < 1.29 is 4.79 Å². The number of amides is 1. The Balaban J connectivity index is 1.67. The first-order valence-electron chi connectivity index (χ1n) is 7.68. The van der Waals surface area contributed by atoms with E-state index < -0.39 is 0 Å². The fourth-order valence-electron chi connectivity index (χ4n) is 3.02. The van der Waals surface area contributed by atoms with E-state index in [0.29, 0.717) is 5.92 Å². The molecule has 0 aromatic carbocycles. The van der Waals surface area contributed by atoms with Gasteiger partial charge in [-0.15, -0.1) is 0 Å². The highest BCUT2D eigenvalue weighted by Crippen LogP contribution is 2.22. The van der Waals surface area contributed by atoms with Crippen LogP contribution in [0.2, 0.25) is 0 Å². The number of carbonyl (C=O) groups excluding carboxylic acids is 1. The van der Waals surface area contributed by atoms with Crippen LogP contribution in [-0.2, 0) is 18.3 Å². The molecule has 6 heteroatoms. The van der Waals surface area contributed by atoms with Gasteiger partial charge in [-0.25, -0.2) is 9.97 Å². The van der Waals surface area contributed by atoms with Gasteiger partial charge in [0, 0.05) is 39.0 Å². The van der Waals surface area contributed by atoms with Crippen LogP contribution in [0.1, 0.15) is 25.5 Å². The summed E-state index contributed by atoms with van der Waals surface area (Å²) in [5, 5.41) is 4.18. The predicted molar refractivity (Wildman–Crippen MR) is 82.9 cm³/mol. The maximum Gasteiger partial charge on any atom is 0.219 e. The van der Waals surface area contributed by atoms with Gasteiger partial charge in [0.2, 0.25) is 5.91 Å². The molecule has 0 spiro atoms. The molecule has 0 bridgehead atoms. The molecule has 2 aromatic heterocycles. The van der Waals surface area contributed by atoms with E-state index >= 15 is 0 Å². The van der Waals surface area contributed by atoms with E-state index in [1.807, 2.05) is 28.8 Å². The molecule has 0 radical (unpaired) electrons. The Kier molecular flexibility index (Phi) is 4.18. The molecule has 0 saturated carbocycles. The highest BCUT2D eigenvalue weighted by atomic mass is 16.2. The summed E-state index contributed by atoms with van der Waals surface area (Å²) in [6, 6.07) is 4.01. The molecule has 1 saturated heterocycles. The van der Waals surface area contributed by atoms with E-state index in [1.165, 1.54) is 0 Å². The summed E-state index contributed by atoms with van der Waals surface area (Å²) in [5.74, 6) is 0.767. The quantitative estimate of drug-likeness (QED) is 0.865. The van der Waals surface area contributed by atoms with E-state index in [4.69, 9.17) is 0 Å². The summed E-state index contributed by atoms with van der Waals surface area (Å²) in [6.45, 7) is 3.37. The third-order valence-corrected chi connectivity index (χ3v) is 4.36. The molecule has 3 heterocycles. The topological polar surface area (TPSA) is 63.9 Å². The lowest BCUT2D eigenvalue weighted by Crippen LogP contribution is -2.37. The summed E-state index contributed by atoms with van der Waals surface area (Å²) >= 11 is 0. The van der Waals surface area contributed by atoms with Crippen LogP contribution >= 0.6 is 0 Å². The zero-order valence-corrected chi connectivity index (χ0v) is 13.1. The van der Waals surface area contributed by atoms with Gasteiger partial charge in [0.1, 0.15) is 6.33 Å². The largest absolute Gasteiger partial charge is 0.343 e.